The van der Waals surface area contributed by atoms with Crippen molar-refractivity contribution in [1.82, 2.24) is 10.2 Å². The molecule has 0 saturated carbocycles. The van der Waals surface area contributed by atoms with Crippen molar-refractivity contribution in [3.05, 3.63) is 60.7 Å². The van der Waals surface area contributed by atoms with Crippen molar-refractivity contribution in [2.75, 3.05) is 15.7 Å². The maximum absolute atomic E-state index is 12.4. The van der Waals surface area contributed by atoms with E-state index in [2.05, 4.69) is 19.6 Å². The molecule has 0 aliphatic rings. The Labute approximate surface area is 151 Å². The zero-order valence-electron chi connectivity index (χ0n) is 13.7. The molecule has 2 aromatic carbocycles. The zero-order chi connectivity index (χ0) is 18.8. The quantitative estimate of drug-likeness (QED) is 0.594. The number of rotatable bonds is 6. The summed E-state index contributed by atoms with van der Waals surface area (Å²) >= 11 is 0. The van der Waals surface area contributed by atoms with Gasteiger partial charge in [-0.2, -0.15) is 5.10 Å². The van der Waals surface area contributed by atoms with Crippen molar-refractivity contribution < 1.29 is 16.8 Å². The highest BCUT2D eigenvalue weighted by Gasteiger charge is 2.16. The highest BCUT2D eigenvalue weighted by molar-refractivity contribution is 7.92. The van der Waals surface area contributed by atoms with E-state index in [1.54, 1.807) is 6.07 Å². The van der Waals surface area contributed by atoms with Gasteiger partial charge in [-0.1, -0.05) is 30.3 Å². The summed E-state index contributed by atoms with van der Waals surface area (Å²) in [6, 6.07) is 16.3. The molecule has 3 rings (SSSR count). The largest absolute Gasteiger partial charge is 0.284 e. The second kappa shape index (κ2) is 6.81. The van der Waals surface area contributed by atoms with Crippen molar-refractivity contribution in [3.63, 3.8) is 0 Å². The highest BCUT2D eigenvalue weighted by Crippen LogP contribution is 2.22. The predicted molar refractivity (Wildman–Crippen MR) is 99.7 cm³/mol. The molecule has 0 fully saturated rings. The van der Waals surface area contributed by atoms with Crippen LogP contribution in [0.1, 0.15) is 0 Å². The van der Waals surface area contributed by atoms with E-state index in [4.69, 9.17) is 0 Å². The fraction of sp³-hybridized carbons (Fsp3) is 0.0625. The van der Waals surface area contributed by atoms with Gasteiger partial charge in [-0.25, -0.2) is 16.8 Å². The van der Waals surface area contributed by atoms with Gasteiger partial charge in [0, 0.05) is 11.8 Å². The molecule has 0 unspecified atom stereocenters. The van der Waals surface area contributed by atoms with Gasteiger partial charge in [0.15, 0.2) is 5.82 Å². The summed E-state index contributed by atoms with van der Waals surface area (Å²) in [5, 5.41) is 6.74. The molecular formula is C16H16N4O4S2. The van der Waals surface area contributed by atoms with Crippen LogP contribution in [0.25, 0.3) is 11.3 Å². The SMILES string of the molecule is CS(=O)(=O)Nc1ccc(S(=O)(=O)Nc2cc(-c3ccccc3)[nH]n2)cc1. The third-order valence-corrected chi connectivity index (χ3v) is 5.35. The molecule has 0 spiro atoms. The maximum Gasteiger partial charge on any atom is 0.263 e. The topological polar surface area (TPSA) is 121 Å². The average molecular weight is 392 g/mol. The number of sulfonamides is 2. The molecule has 136 valence electrons. The lowest BCUT2D eigenvalue weighted by Crippen LogP contribution is -2.14. The monoisotopic (exact) mass is 392 g/mol. The van der Waals surface area contributed by atoms with E-state index in [0.29, 0.717) is 5.69 Å². The van der Waals surface area contributed by atoms with Crippen LogP contribution in [0.15, 0.2) is 65.6 Å². The van der Waals surface area contributed by atoms with Gasteiger partial charge in [0.1, 0.15) is 0 Å². The van der Waals surface area contributed by atoms with Crippen LogP contribution in [0.5, 0.6) is 0 Å². The first-order chi connectivity index (χ1) is 12.2. The molecule has 3 N–H and O–H groups in total. The second-order valence-electron chi connectivity index (χ2n) is 5.54. The molecule has 10 heteroatoms. The van der Waals surface area contributed by atoms with E-state index >= 15 is 0 Å². The molecule has 26 heavy (non-hydrogen) atoms. The zero-order valence-corrected chi connectivity index (χ0v) is 15.3. The third kappa shape index (κ3) is 4.41. The van der Waals surface area contributed by atoms with Gasteiger partial charge in [0.25, 0.3) is 10.0 Å². The molecule has 8 nitrogen and oxygen atoms in total. The van der Waals surface area contributed by atoms with E-state index in [-0.39, 0.29) is 16.4 Å². The Bertz CT molecular complexity index is 1110. The minimum absolute atomic E-state index is 0.0131. The first-order valence-electron chi connectivity index (χ1n) is 7.44. The molecular weight excluding hydrogens is 376 g/mol. The fourth-order valence-corrected chi connectivity index (χ4v) is 3.81. The lowest BCUT2D eigenvalue weighted by Gasteiger charge is -2.07. The van der Waals surface area contributed by atoms with Crippen molar-refractivity contribution >= 4 is 31.6 Å². The summed E-state index contributed by atoms with van der Waals surface area (Å²) in [5.41, 5.74) is 1.83. The summed E-state index contributed by atoms with van der Waals surface area (Å²) in [6.45, 7) is 0. The van der Waals surface area contributed by atoms with Crippen LogP contribution < -0.4 is 9.44 Å². The summed E-state index contributed by atoms with van der Waals surface area (Å²) in [5.74, 6) is 0.155. The summed E-state index contributed by atoms with van der Waals surface area (Å²) in [6.07, 6.45) is 1.01. The lowest BCUT2D eigenvalue weighted by molar-refractivity contribution is 0.600. The smallest absolute Gasteiger partial charge is 0.263 e. The molecule has 0 aliphatic carbocycles. The number of H-pyrrole nitrogens is 1. The first-order valence-corrected chi connectivity index (χ1v) is 10.8. The number of hydrogen-bond acceptors (Lipinski definition) is 5. The van der Waals surface area contributed by atoms with Crippen molar-refractivity contribution in [2.24, 2.45) is 0 Å². The van der Waals surface area contributed by atoms with E-state index < -0.39 is 20.0 Å². The molecule has 0 bridgehead atoms. The van der Waals surface area contributed by atoms with Crippen LogP contribution >= 0.6 is 0 Å². The van der Waals surface area contributed by atoms with Crippen LogP contribution in [0, 0.1) is 0 Å². The van der Waals surface area contributed by atoms with E-state index in [9.17, 15) is 16.8 Å². The lowest BCUT2D eigenvalue weighted by atomic mass is 10.2. The van der Waals surface area contributed by atoms with Crippen molar-refractivity contribution in [3.8, 4) is 11.3 Å². The van der Waals surface area contributed by atoms with Crippen molar-refractivity contribution in [1.29, 1.82) is 0 Å². The normalized spacial score (nSPS) is 11.9. The predicted octanol–water partition coefficient (Wildman–Crippen LogP) is 2.25. The van der Waals surface area contributed by atoms with E-state index in [0.717, 1.165) is 11.8 Å². The van der Waals surface area contributed by atoms with E-state index in [1.807, 2.05) is 30.3 Å². The Balaban J connectivity index is 1.78. The van der Waals surface area contributed by atoms with Crippen LogP contribution in [0.4, 0.5) is 11.5 Å². The number of benzene rings is 2. The Morgan fingerprint density at radius 2 is 1.54 bits per heavy atom. The first kappa shape index (κ1) is 18.0. The Morgan fingerprint density at radius 1 is 0.885 bits per heavy atom. The van der Waals surface area contributed by atoms with Gasteiger partial charge in [-0.05, 0) is 29.8 Å². The molecule has 1 aromatic heterocycles. The number of aromatic amines is 1. The molecule has 0 atom stereocenters. The summed E-state index contributed by atoms with van der Waals surface area (Å²) in [7, 11) is -7.28. The Hall–Kier alpha value is -2.85. The van der Waals surface area contributed by atoms with Gasteiger partial charge in [0.05, 0.1) is 16.8 Å². The van der Waals surface area contributed by atoms with Crippen LogP contribution in [-0.4, -0.2) is 33.3 Å². The fourth-order valence-electron chi connectivity index (χ4n) is 2.25. The summed E-state index contributed by atoms with van der Waals surface area (Å²) in [4.78, 5) is -0.0131. The number of nitrogens with one attached hydrogen (secondary N) is 3. The molecule has 1 heterocycles. The van der Waals surface area contributed by atoms with Crippen LogP contribution in [0.3, 0.4) is 0 Å². The van der Waals surface area contributed by atoms with Gasteiger partial charge < -0.3 is 0 Å². The minimum Gasteiger partial charge on any atom is -0.284 e. The molecule has 3 aromatic rings. The number of anilines is 2. The van der Waals surface area contributed by atoms with Crippen LogP contribution in [-0.2, 0) is 20.0 Å². The average Bonchev–Trinajstić information content (AvgIpc) is 3.02. The molecule has 0 aliphatic heterocycles. The minimum atomic E-state index is -3.85. The molecule has 0 saturated heterocycles. The van der Waals surface area contributed by atoms with E-state index in [1.165, 1.54) is 24.3 Å². The molecule has 0 amide bonds. The van der Waals surface area contributed by atoms with Gasteiger partial charge in [-0.15, -0.1) is 0 Å². The number of nitrogens with zero attached hydrogens (tertiary/aromatic N) is 1. The Morgan fingerprint density at radius 3 is 2.15 bits per heavy atom. The third-order valence-electron chi connectivity index (χ3n) is 3.37. The highest BCUT2D eigenvalue weighted by atomic mass is 32.2. The van der Waals surface area contributed by atoms with Gasteiger partial charge in [0.2, 0.25) is 10.0 Å². The van der Waals surface area contributed by atoms with Gasteiger partial charge in [-0.3, -0.25) is 14.5 Å². The maximum atomic E-state index is 12.4. The Kier molecular flexibility index (Phi) is 4.70. The second-order valence-corrected chi connectivity index (χ2v) is 8.97. The standard InChI is InChI=1S/C16H16N4O4S2/c1-25(21,22)19-13-7-9-14(10-8-13)26(23,24)20-16-11-15(17-18-16)12-5-3-2-4-6-12/h2-11,19H,1H3,(H2,17,18,20). The van der Waals surface area contributed by atoms with Gasteiger partial charge >= 0.3 is 0 Å². The van der Waals surface area contributed by atoms with Crippen molar-refractivity contribution in [2.45, 2.75) is 4.90 Å². The van der Waals surface area contributed by atoms with Crippen LogP contribution in [0.2, 0.25) is 0 Å². The molecule has 0 radical (unpaired) electrons. The number of hydrogen-bond donors (Lipinski definition) is 3. The number of aromatic nitrogens is 2. The summed E-state index contributed by atoms with van der Waals surface area (Å²) < 4.78 is 51.9.